The lowest BCUT2D eigenvalue weighted by Crippen LogP contribution is -2.38. The number of amides is 2. The van der Waals surface area contributed by atoms with Crippen molar-refractivity contribution < 1.29 is 14.3 Å². The highest BCUT2D eigenvalue weighted by atomic mass is 16.5. The van der Waals surface area contributed by atoms with Crippen LogP contribution in [0.2, 0.25) is 0 Å². The highest BCUT2D eigenvalue weighted by Gasteiger charge is 2.03. The Labute approximate surface area is 159 Å². The van der Waals surface area contributed by atoms with Gasteiger partial charge >= 0.3 is 6.03 Å². The second-order valence-corrected chi connectivity index (χ2v) is 6.11. The minimum Gasteiger partial charge on any atom is -0.497 e. The molecule has 2 N–H and O–H groups in total. The van der Waals surface area contributed by atoms with Gasteiger partial charge in [0.1, 0.15) is 18.1 Å². The van der Waals surface area contributed by atoms with Gasteiger partial charge in [0.15, 0.2) is 0 Å². The van der Waals surface area contributed by atoms with Crippen LogP contribution in [-0.2, 0) is 6.42 Å². The fraction of sp³-hybridized carbons (Fsp3) is 0.227. The summed E-state index contributed by atoms with van der Waals surface area (Å²) in [6, 6.07) is 21.7. The summed E-state index contributed by atoms with van der Waals surface area (Å²) < 4.78 is 10.9. The molecule has 0 heterocycles. The minimum absolute atomic E-state index is 0.190. The molecule has 5 heteroatoms. The van der Waals surface area contributed by atoms with Gasteiger partial charge in [-0.1, -0.05) is 48.5 Å². The number of benzene rings is 3. The Bertz CT molecular complexity index is 873. The zero-order valence-electron chi connectivity index (χ0n) is 15.4. The van der Waals surface area contributed by atoms with Crippen molar-refractivity contribution in [1.29, 1.82) is 0 Å². The van der Waals surface area contributed by atoms with E-state index in [0.29, 0.717) is 19.7 Å². The Morgan fingerprint density at radius 1 is 0.889 bits per heavy atom. The predicted octanol–water partition coefficient (Wildman–Crippen LogP) is 3.77. The van der Waals surface area contributed by atoms with Crippen LogP contribution in [0.5, 0.6) is 11.5 Å². The summed E-state index contributed by atoms with van der Waals surface area (Å²) in [5, 5.41) is 7.87. The maximum atomic E-state index is 11.9. The molecule has 0 aromatic heterocycles. The van der Waals surface area contributed by atoms with Gasteiger partial charge in [-0.3, -0.25) is 0 Å². The highest BCUT2D eigenvalue weighted by molar-refractivity contribution is 5.88. The Morgan fingerprint density at radius 3 is 2.44 bits per heavy atom. The van der Waals surface area contributed by atoms with Crippen molar-refractivity contribution in [2.24, 2.45) is 0 Å². The molecule has 0 saturated heterocycles. The molecular formula is C22H24N2O3. The number of rotatable bonds is 8. The molecule has 3 aromatic rings. The summed E-state index contributed by atoms with van der Waals surface area (Å²) in [7, 11) is 1.64. The van der Waals surface area contributed by atoms with Crippen LogP contribution in [0.3, 0.4) is 0 Å². The highest BCUT2D eigenvalue weighted by Crippen LogP contribution is 2.24. The van der Waals surface area contributed by atoms with Crippen LogP contribution >= 0.6 is 0 Å². The van der Waals surface area contributed by atoms with E-state index in [-0.39, 0.29) is 6.03 Å². The van der Waals surface area contributed by atoms with Crippen molar-refractivity contribution in [3.63, 3.8) is 0 Å². The number of carbonyl (C=O) groups excluding carboxylic acids is 1. The molecule has 0 aliphatic heterocycles. The van der Waals surface area contributed by atoms with Gasteiger partial charge in [-0.15, -0.1) is 0 Å². The maximum Gasteiger partial charge on any atom is 0.314 e. The molecule has 0 aliphatic rings. The minimum atomic E-state index is -0.190. The summed E-state index contributed by atoms with van der Waals surface area (Å²) in [5.41, 5.74) is 1.15. The van der Waals surface area contributed by atoms with Crippen LogP contribution in [0.25, 0.3) is 10.8 Å². The summed E-state index contributed by atoms with van der Waals surface area (Å²) >= 11 is 0. The van der Waals surface area contributed by atoms with E-state index in [1.165, 1.54) is 0 Å². The van der Waals surface area contributed by atoms with Gasteiger partial charge in [-0.2, -0.15) is 0 Å². The zero-order valence-corrected chi connectivity index (χ0v) is 15.4. The van der Waals surface area contributed by atoms with E-state index in [9.17, 15) is 4.79 Å². The second-order valence-electron chi connectivity index (χ2n) is 6.11. The summed E-state index contributed by atoms with van der Waals surface area (Å²) in [6.45, 7) is 1.43. The lowest BCUT2D eigenvalue weighted by molar-refractivity contribution is 0.237. The van der Waals surface area contributed by atoms with Crippen molar-refractivity contribution in [1.82, 2.24) is 10.6 Å². The molecular weight excluding hydrogens is 340 g/mol. The second kappa shape index (κ2) is 9.48. The molecule has 0 fully saturated rings. The molecule has 140 valence electrons. The smallest absolute Gasteiger partial charge is 0.314 e. The van der Waals surface area contributed by atoms with E-state index in [1.54, 1.807) is 7.11 Å². The van der Waals surface area contributed by atoms with Gasteiger partial charge in [-0.25, -0.2) is 4.79 Å². The topological polar surface area (TPSA) is 59.6 Å². The fourth-order valence-corrected chi connectivity index (χ4v) is 2.82. The molecule has 3 aromatic carbocycles. The quantitative estimate of drug-likeness (QED) is 0.598. The first-order valence-electron chi connectivity index (χ1n) is 9.01. The Hall–Kier alpha value is -3.21. The molecule has 0 bridgehead atoms. The predicted molar refractivity (Wildman–Crippen MR) is 108 cm³/mol. The third-order valence-corrected chi connectivity index (χ3v) is 4.25. The number of urea groups is 1. The Balaban J connectivity index is 1.35. The standard InChI is InChI=1S/C22H24N2O3/c1-26-19-11-9-17(10-12-19)13-14-23-22(25)24-15-16-27-21-8-4-6-18-5-2-3-7-20(18)21/h2-12H,13-16H2,1H3,(H2,23,24,25). The molecule has 0 radical (unpaired) electrons. The number of hydrogen-bond donors (Lipinski definition) is 2. The van der Waals surface area contributed by atoms with Gasteiger partial charge in [0.25, 0.3) is 0 Å². The van der Waals surface area contributed by atoms with Crippen molar-refractivity contribution in [2.45, 2.75) is 6.42 Å². The molecule has 5 nitrogen and oxygen atoms in total. The first-order valence-corrected chi connectivity index (χ1v) is 9.01. The number of nitrogens with one attached hydrogen (secondary N) is 2. The first kappa shape index (κ1) is 18.6. The molecule has 0 unspecified atom stereocenters. The van der Waals surface area contributed by atoms with E-state index in [2.05, 4.69) is 22.8 Å². The summed E-state index contributed by atoms with van der Waals surface area (Å²) in [6.07, 6.45) is 0.768. The Morgan fingerprint density at radius 2 is 1.63 bits per heavy atom. The zero-order chi connectivity index (χ0) is 18.9. The number of hydrogen-bond acceptors (Lipinski definition) is 3. The largest absolute Gasteiger partial charge is 0.497 e. The number of ether oxygens (including phenoxy) is 2. The maximum absolute atomic E-state index is 11.9. The molecule has 2 amide bonds. The van der Waals surface area contributed by atoms with E-state index in [0.717, 1.165) is 34.3 Å². The van der Waals surface area contributed by atoms with Crippen LogP contribution < -0.4 is 20.1 Å². The average molecular weight is 364 g/mol. The van der Waals surface area contributed by atoms with E-state index >= 15 is 0 Å². The van der Waals surface area contributed by atoms with Gasteiger partial charge < -0.3 is 20.1 Å². The number of fused-ring (bicyclic) bond motifs is 1. The molecule has 3 rings (SSSR count). The van der Waals surface area contributed by atoms with Gasteiger partial charge in [-0.05, 0) is 35.6 Å². The van der Waals surface area contributed by atoms with Crippen molar-refractivity contribution >= 4 is 16.8 Å². The van der Waals surface area contributed by atoms with Crippen LogP contribution in [0.1, 0.15) is 5.56 Å². The number of carbonyl (C=O) groups is 1. The lowest BCUT2D eigenvalue weighted by Gasteiger charge is -2.11. The van der Waals surface area contributed by atoms with Crippen LogP contribution in [0, 0.1) is 0 Å². The monoisotopic (exact) mass is 364 g/mol. The molecule has 0 saturated carbocycles. The van der Waals surface area contributed by atoms with Crippen molar-refractivity contribution in [3.05, 3.63) is 72.3 Å². The van der Waals surface area contributed by atoms with E-state index in [4.69, 9.17) is 9.47 Å². The van der Waals surface area contributed by atoms with Crippen molar-refractivity contribution in [2.75, 3.05) is 26.8 Å². The van der Waals surface area contributed by atoms with Crippen LogP contribution in [0.4, 0.5) is 4.79 Å². The van der Waals surface area contributed by atoms with E-state index in [1.807, 2.05) is 54.6 Å². The first-order chi connectivity index (χ1) is 13.3. The van der Waals surface area contributed by atoms with Crippen molar-refractivity contribution in [3.8, 4) is 11.5 Å². The third kappa shape index (κ3) is 5.38. The normalized spacial score (nSPS) is 10.4. The molecule has 27 heavy (non-hydrogen) atoms. The Kier molecular flexibility index (Phi) is 6.52. The molecule has 0 aliphatic carbocycles. The van der Waals surface area contributed by atoms with E-state index < -0.39 is 0 Å². The molecule has 0 spiro atoms. The summed E-state index contributed by atoms with van der Waals surface area (Å²) in [4.78, 5) is 11.9. The van der Waals surface area contributed by atoms with Crippen LogP contribution in [0.15, 0.2) is 66.7 Å². The molecule has 0 atom stereocenters. The lowest BCUT2D eigenvalue weighted by atomic mass is 10.1. The van der Waals surface area contributed by atoms with Gasteiger partial charge in [0.2, 0.25) is 0 Å². The third-order valence-electron chi connectivity index (χ3n) is 4.25. The van der Waals surface area contributed by atoms with Crippen LogP contribution in [-0.4, -0.2) is 32.8 Å². The summed E-state index contributed by atoms with van der Waals surface area (Å²) in [5.74, 6) is 1.66. The average Bonchev–Trinajstić information content (AvgIpc) is 2.72. The SMILES string of the molecule is COc1ccc(CCNC(=O)NCCOc2cccc3ccccc23)cc1. The number of methoxy groups -OCH3 is 1. The van der Waals surface area contributed by atoms with Gasteiger partial charge in [0, 0.05) is 11.9 Å². The van der Waals surface area contributed by atoms with Gasteiger partial charge in [0.05, 0.1) is 13.7 Å². The fourth-order valence-electron chi connectivity index (χ4n) is 2.82.